The Morgan fingerprint density at radius 1 is 0.400 bits per heavy atom. The average molecular weight is 690 g/mol. The van der Waals surface area contributed by atoms with E-state index >= 15 is 0 Å². The number of aromatic nitrogens is 3. The molecule has 0 spiro atoms. The smallest absolute Gasteiger partial charge is 0.236 e. The van der Waals surface area contributed by atoms with E-state index in [-0.39, 0.29) is 0 Å². The number of nitrogens with zero attached hydrogens (tertiary/aromatic N) is 3. The first-order valence-corrected chi connectivity index (χ1v) is 19.1. The molecule has 0 atom stereocenters. The Kier molecular flexibility index (Phi) is 5.42. The number of rotatable bonds is 2. The van der Waals surface area contributed by atoms with E-state index in [4.69, 9.17) is 9.97 Å². The van der Waals surface area contributed by atoms with Gasteiger partial charge < -0.3 is 0 Å². The fourth-order valence-corrected chi connectivity index (χ4v) is 11.7. The lowest BCUT2D eigenvalue weighted by Crippen LogP contribution is -2.03. The summed E-state index contributed by atoms with van der Waals surface area (Å²) in [6, 6.07) is 50.6. The standard InChI is InChI=1S/C44H23N3S3/c1-2-14-27-25(13-1)40-36(37-29-16-5-9-22-34(29)49-42(27)37)28-15-3-7-20-32(28)47(40)44-45-39(38-30-17-6-10-23-35(30)50-43(38)46-44)31-19-11-18-26-24-12-4-8-21-33(24)48-41(26)31/h1-23H. The SMILES string of the molecule is c1ccc2c(c1)sc1c(-c3nc(-n4c5ccccc5c5c6c7ccccc7sc6c6ccccc6c54)nc4sc5ccccc5c34)cccc12. The number of hydrogen-bond donors (Lipinski definition) is 0. The fraction of sp³-hybridized carbons (Fsp3) is 0. The van der Waals surface area contributed by atoms with Crippen molar-refractivity contribution in [2.45, 2.75) is 0 Å². The molecule has 232 valence electrons. The van der Waals surface area contributed by atoms with Crippen LogP contribution in [0.3, 0.4) is 0 Å². The van der Waals surface area contributed by atoms with Crippen molar-refractivity contribution >= 4 is 127 Å². The van der Waals surface area contributed by atoms with Crippen LogP contribution in [0.1, 0.15) is 0 Å². The third-order valence-electron chi connectivity index (χ3n) is 10.2. The van der Waals surface area contributed by atoms with Gasteiger partial charge in [0.1, 0.15) is 4.83 Å². The maximum absolute atomic E-state index is 5.66. The molecule has 50 heavy (non-hydrogen) atoms. The third kappa shape index (κ3) is 3.52. The molecule has 0 saturated heterocycles. The summed E-state index contributed by atoms with van der Waals surface area (Å²) in [4.78, 5) is 12.1. The summed E-state index contributed by atoms with van der Waals surface area (Å²) in [6.07, 6.45) is 0. The first-order chi connectivity index (χ1) is 24.8. The van der Waals surface area contributed by atoms with Gasteiger partial charge in [0.15, 0.2) is 0 Å². The van der Waals surface area contributed by atoms with Crippen LogP contribution in [-0.2, 0) is 0 Å². The Balaban J connectivity index is 1.29. The largest absolute Gasteiger partial charge is 0.277 e. The average Bonchev–Trinajstić information content (AvgIpc) is 3.93. The van der Waals surface area contributed by atoms with Crippen LogP contribution in [0.15, 0.2) is 140 Å². The second kappa shape index (κ2) is 9.96. The van der Waals surface area contributed by atoms with Crippen LogP contribution in [-0.4, -0.2) is 14.5 Å². The van der Waals surface area contributed by atoms with E-state index in [9.17, 15) is 0 Å². The Hall–Kier alpha value is -5.66. The van der Waals surface area contributed by atoms with E-state index in [0.29, 0.717) is 5.95 Å². The number of benzene rings is 7. The van der Waals surface area contributed by atoms with Gasteiger partial charge in [-0.1, -0.05) is 115 Å². The Bertz CT molecular complexity index is 3400. The molecular formula is C44H23N3S3. The molecule has 0 amide bonds. The van der Waals surface area contributed by atoms with Gasteiger partial charge >= 0.3 is 0 Å². The third-order valence-corrected chi connectivity index (χ3v) is 13.7. The normalized spacial score (nSPS) is 12.4. The summed E-state index contributed by atoms with van der Waals surface area (Å²) in [5.74, 6) is 0.701. The maximum Gasteiger partial charge on any atom is 0.236 e. The molecule has 7 aromatic carbocycles. The highest BCUT2D eigenvalue weighted by atomic mass is 32.1. The molecule has 3 nitrogen and oxygen atoms in total. The Morgan fingerprint density at radius 2 is 0.960 bits per heavy atom. The van der Waals surface area contributed by atoms with Crippen molar-refractivity contribution in [1.29, 1.82) is 0 Å². The summed E-state index contributed by atoms with van der Waals surface area (Å²) < 4.78 is 8.74. The van der Waals surface area contributed by atoms with Gasteiger partial charge in [0.2, 0.25) is 5.95 Å². The van der Waals surface area contributed by atoms with Gasteiger partial charge in [-0.15, -0.1) is 34.0 Å². The molecule has 0 aliphatic heterocycles. The number of thiophene rings is 3. The lowest BCUT2D eigenvalue weighted by molar-refractivity contribution is 1.02. The monoisotopic (exact) mass is 689 g/mol. The number of fused-ring (bicyclic) bond motifs is 16. The van der Waals surface area contributed by atoms with E-state index < -0.39 is 0 Å². The van der Waals surface area contributed by atoms with E-state index in [0.717, 1.165) is 32.5 Å². The quantitative estimate of drug-likeness (QED) is 0.181. The van der Waals surface area contributed by atoms with Crippen molar-refractivity contribution in [2.24, 2.45) is 0 Å². The van der Waals surface area contributed by atoms with Crippen molar-refractivity contribution in [3.8, 4) is 17.2 Å². The lowest BCUT2D eigenvalue weighted by atomic mass is 10.00. The van der Waals surface area contributed by atoms with Crippen molar-refractivity contribution in [2.75, 3.05) is 0 Å². The van der Waals surface area contributed by atoms with Crippen LogP contribution >= 0.6 is 34.0 Å². The summed E-state index contributed by atoms with van der Waals surface area (Å²) in [5.41, 5.74) is 4.40. The van der Waals surface area contributed by atoms with E-state index in [1.807, 2.05) is 22.7 Å². The zero-order valence-corrected chi connectivity index (χ0v) is 28.8. The van der Waals surface area contributed by atoms with Crippen LogP contribution in [0.2, 0.25) is 0 Å². The van der Waals surface area contributed by atoms with Gasteiger partial charge in [0.25, 0.3) is 0 Å². The minimum absolute atomic E-state index is 0.701. The Morgan fingerprint density at radius 3 is 1.76 bits per heavy atom. The van der Waals surface area contributed by atoms with Crippen LogP contribution < -0.4 is 0 Å². The zero-order valence-electron chi connectivity index (χ0n) is 26.3. The first-order valence-electron chi connectivity index (χ1n) is 16.7. The molecule has 0 aliphatic carbocycles. The van der Waals surface area contributed by atoms with Gasteiger partial charge in [0, 0.05) is 82.9 Å². The molecule has 5 aromatic heterocycles. The van der Waals surface area contributed by atoms with Crippen molar-refractivity contribution in [3.63, 3.8) is 0 Å². The van der Waals surface area contributed by atoms with Gasteiger partial charge in [-0.25, -0.2) is 9.97 Å². The predicted octanol–water partition coefficient (Wildman–Crippen LogP) is 13.5. The molecule has 0 radical (unpaired) electrons. The summed E-state index contributed by atoms with van der Waals surface area (Å²) in [7, 11) is 0. The molecule has 0 N–H and O–H groups in total. The minimum atomic E-state index is 0.701. The molecule has 6 heteroatoms. The van der Waals surface area contributed by atoms with Gasteiger partial charge in [0.05, 0.1) is 16.7 Å². The molecule has 12 rings (SSSR count). The molecule has 12 aromatic rings. The number of hydrogen-bond acceptors (Lipinski definition) is 5. The first kappa shape index (κ1) is 27.2. The summed E-state index contributed by atoms with van der Waals surface area (Å²) >= 11 is 5.49. The van der Waals surface area contributed by atoms with E-state index in [1.54, 1.807) is 11.3 Å². The minimum Gasteiger partial charge on any atom is -0.277 e. The van der Waals surface area contributed by atoms with Crippen LogP contribution in [0.25, 0.3) is 110 Å². The second-order valence-corrected chi connectivity index (χ2v) is 16.0. The van der Waals surface area contributed by atoms with Gasteiger partial charge in [-0.3, -0.25) is 4.57 Å². The lowest BCUT2D eigenvalue weighted by Gasteiger charge is -2.12. The highest BCUT2D eigenvalue weighted by Crippen LogP contribution is 2.49. The van der Waals surface area contributed by atoms with Gasteiger partial charge in [-0.2, -0.15) is 0 Å². The molecule has 5 heterocycles. The van der Waals surface area contributed by atoms with Crippen molar-refractivity contribution in [1.82, 2.24) is 14.5 Å². The zero-order chi connectivity index (χ0) is 32.5. The molecular weight excluding hydrogens is 667 g/mol. The molecule has 0 saturated carbocycles. The topological polar surface area (TPSA) is 30.7 Å². The van der Waals surface area contributed by atoms with Crippen molar-refractivity contribution < 1.29 is 0 Å². The predicted molar refractivity (Wildman–Crippen MR) is 218 cm³/mol. The highest BCUT2D eigenvalue weighted by Gasteiger charge is 2.25. The molecule has 0 aliphatic rings. The van der Waals surface area contributed by atoms with Gasteiger partial charge in [-0.05, 0) is 24.3 Å². The van der Waals surface area contributed by atoms with E-state index in [2.05, 4.69) is 144 Å². The highest BCUT2D eigenvalue weighted by molar-refractivity contribution is 7.27. The van der Waals surface area contributed by atoms with Crippen LogP contribution in [0, 0.1) is 0 Å². The summed E-state index contributed by atoms with van der Waals surface area (Å²) in [5, 5.41) is 12.4. The molecule has 0 bridgehead atoms. The number of para-hydroxylation sites is 1. The van der Waals surface area contributed by atoms with Crippen LogP contribution in [0.4, 0.5) is 0 Å². The summed E-state index contributed by atoms with van der Waals surface area (Å²) in [6.45, 7) is 0. The maximum atomic E-state index is 5.66. The fourth-order valence-electron chi connectivity index (χ4n) is 8.17. The van der Waals surface area contributed by atoms with Crippen molar-refractivity contribution in [3.05, 3.63) is 140 Å². The molecule has 0 fully saturated rings. The van der Waals surface area contributed by atoms with Crippen LogP contribution in [0.5, 0.6) is 0 Å². The van der Waals surface area contributed by atoms with E-state index in [1.165, 1.54) is 72.0 Å². The Labute approximate surface area is 296 Å². The molecule has 0 unspecified atom stereocenters. The second-order valence-electron chi connectivity index (χ2n) is 12.9.